The van der Waals surface area contributed by atoms with Crippen molar-refractivity contribution in [1.82, 2.24) is 14.1 Å². The van der Waals surface area contributed by atoms with Gasteiger partial charge in [-0.15, -0.1) is 0 Å². The summed E-state index contributed by atoms with van der Waals surface area (Å²) < 4.78 is 4.63. The maximum absolute atomic E-state index is 4.70. The minimum atomic E-state index is 0.339. The summed E-state index contributed by atoms with van der Waals surface area (Å²) in [6, 6.07) is 36.9. The second-order valence-corrected chi connectivity index (χ2v) is 12.0. The third-order valence-corrected chi connectivity index (χ3v) is 7.81. The number of aromatic nitrogens is 3. The molecule has 1 aliphatic carbocycles. The van der Waals surface area contributed by atoms with E-state index in [9.17, 15) is 0 Å². The second kappa shape index (κ2) is 11.7. The van der Waals surface area contributed by atoms with Crippen molar-refractivity contribution in [1.29, 1.82) is 0 Å². The summed E-state index contributed by atoms with van der Waals surface area (Å²) in [5.41, 5.74) is 10.1. The van der Waals surface area contributed by atoms with E-state index in [2.05, 4.69) is 153 Å². The largest absolute Gasteiger partial charge is 0.309 e. The van der Waals surface area contributed by atoms with Crippen LogP contribution in [0.3, 0.4) is 0 Å². The topological polar surface area (TPSA) is 22.8 Å². The first-order valence-electron chi connectivity index (χ1n) is 15.0. The van der Waals surface area contributed by atoms with Crippen LogP contribution in [-0.4, -0.2) is 14.1 Å². The van der Waals surface area contributed by atoms with E-state index in [4.69, 9.17) is 4.98 Å². The molecule has 0 bridgehead atoms. The van der Waals surface area contributed by atoms with E-state index in [-0.39, 0.29) is 0 Å². The predicted molar refractivity (Wildman–Crippen MR) is 179 cm³/mol. The molecule has 0 saturated heterocycles. The lowest BCUT2D eigenvalue weighted by molar-refractivity contribution is 0.737. The van der Waals surface area contributed by atoms with Gasteiger partial charge >= 0.3 is 0 Å². The Bertz CT molecular complexity index is 1900. The van der Waals surface area contributed by atoms with Gasteiger partial charge in [-0.25, -0.2) is 4.98 Å². The molecule has 6 aromatic rings. The van der Waals surface area contributed by atoms with Crippen molar-refractivity contribution < 1.29 is 0 Å². The smallest absolute Gasteiger partial charge is 0.144 e. The summed E-state index contributed by atoms with van der Waals surface area (Å²) in [7, 11) is 0. The van der Waals surface area contributed by atoms with Gasteiger partial charge in [-0.05, 0) is 73.2 Å². The van der Waals surface area contributed by atoms with E-state index >= 15 is 0 Å². The molecule has 4 aromatic carbocycles. The zero-order chi connectivity index (χ0) is 29.2. The Morgan fingerprint density at radius 3 is 2.10 bits per heavy atom. The molecule has 2 aromatic heterocycles. The van der Waals surface area contributed by atoms with Crippen LogP contribution < -0.4 is 0 Å². The number of hydrogen-bond donors (Lipinski definition) is 0. The molecule has 3 heteroatoms. The van der Waals surface area contributed by atoms with E-state index in [1.54, 1.807) is 0 Å². The number of imidazole rings is 1. The molecular weight excluding hydrogens is 510 g/mol. The maximum atomic E-state index is 4.70. The molecular formula is C39H39N3. The highest BCUT2D eigenvalue weighted by Gasteiger charge is 2.23. The maximum Gasteiger partial charge on any atom is 0.144 e. The Labute approximate surface area is 249 Å². The molecule has 2 heterocycles. The van der Waals surface area contributed by atoms with Crippen LogP contribution in [0.25, 0.3) is 44.6 Å². The fourth-order valence-electron chi connectivity index (χ4n) is 6.17. The fourth-order valence-corrected chi connectivity index (χ4v) is 6.17. The van der Waals surface area contributed by atoms with Gasteiger partial charge in [-0.3, -0.25) is 4.57 Å². The first-order valence-corrected chi connectivity index (χ1v) is 15.0. The highest BCUT2D eigenvalue weighted by atomic mass is 15.1. The van der Waals surface area contributed by atoms with Gasteiger partial charge in [0.2, 0.25) is 0 Å². The molecule has 7 rings (SSSR count). The lowest BCUT2D eigenvalue weighted by atomic mass is 9.84. The van der Waals surface area contributed by atoms with E-state index in [0.29, 0.717) is 5.92 Å². The van der Waals surface area contributed by atoms with E-state index in [1.165, 1.54) is 49.9 Å². The van der Waals surface area contributed by atoms with E-state index in [0.717, 1.165) is 23.7 Å². The summed E-state index contributed by atoms with van der Waals surface area (Å²) in [5.74, 6) is 2.16. The van der Waals surface area contributed by atoms with Crippen LogP contribution in [0.1, 0.15) is 52.5 Å². The molecule has 0 amide bonds. The number of rotatable bonds is 4. The molecule has 1 atom stereocenters. The Kier molecular flexibility index (Phi) is 7.67. The van der Waals surface area contributed by atoms with Crippen molar-refractivity contribution in [2.24, 2.45) is 5.92 Å². The summed E-state index contributed by atoms with van der Waals surface area (Å²) in [6.45, 7) is 11.0. The van der Waals surface area contributed by atoms with Gasteiger partial charge in [0.15, 0.2) is 0 Å². The molecule has 1 unspecified atom stereocenters. The zero-order valence-corrected chi connectivity index (χ0v) is 25.3. The van der Waals surface area contributed by atoms with Crippen molar-refractivity contribution in [3.8, 4) is 17.1 Å². The minimum Gasteiger partial charge on any atom is -0.309 e. The monoisotopic (exact) mass is 549 g/mol. The molecule has 42 heavy (non-hydrogen) atoms. The number of hydrogen-bond acceptors (Lipinski definition) is 1. The zero-order valence-electron chi connectivity index (χ0n) is 25.3. The van der Waals surface area contributed by atoms with Gasteiger partial charge in [0, 0.05) is 46.0 Å². The average Bonchev–Trinajstić information content (AvgIpc) is 3.60. The van der Waals surface area contributed by atoms with Gasteiger partial charge in [-0.2, -0.15) is 0 Å². The third-order valence-electron chi connectivity index (χ3n) is 7.81. The van der Waals surface area contributed by atoms with Crippen molar-refractivity contribution in [2.45, 2.75) is 47.0 Å². The standard InChI is InChI=1S/C35H29N3.C4H10/c1-24-21-28(22-25(2)34(24)37-20-19-36-35(37)26-11-5-3-6-12-26)27-17-18-33-31(23-27)30-15-9-10-16-32(30)38(33)29-13-7-4-8-14-29;1-4(2)3/h3-21,23,28H,22H2,1-2H3;4H,1-3H3. The minimum absolute atomic E-state index is 0.339. The molecule has 1 aliphatic rings. The lowest BCUT2D eigenvalue weighted by Crippen LogP contribution is -2.10. The molecule has 3 nitrogen and oxygen atoms in total. The second-order valence-electron chi connectivity index (χ2n) is 12.0. The third kappa shape index (κ3) is 5.23. The normalized spacial score (nSPS) is 15.2. The highest BCUT2D eigenvalue weighted by molar-refractivity contribution is 6.09. The number of allylic oxidation sites excluding steroid dienone is 4. The molecule has 0 N–H and O–H groups in total. The van der Waals surface area contributed by atoms with Gasteiger partial charge in [0.1, 0.15) is 5.82 Å². The van der Waals surface area contributed by atoms with Gasteiger partial charge in [0.25, 0.3) is 0 Å². The molecule has 210 valence electrons. The summed E-state index contributed by atoms with van der Waals surface area (Å²) >= 11 is 0. The number of nitrogens with zero attached hydrogens (tertiary/aromatic N) is 3. The first-order chi connectivity index (χ1) is 20.4. The van der Waals surface area contributed by atoms with Crippen molar-refractivity contribution in [2.75, 3.05) is 0 Å². The Balaban J connectivity index is 0.000000744. The van der Waals surface area contributed by atoms with Crippen molar-refractivity contribution in [3.63, 3.8) is 0 Å². The quantitative estimate of drug-likeness (QED) is 0.214. The number of para-hydroxylation sites is 2. The molecule has 0 fully saturated rings. The summed E-state index contributed by atoms with van der Waals surface area (Å²) in [4.78, 5) is 4.70. The SMILES string of the molecule is CC(C)C.CC1=CC(c2ccc3c(c2)c2ccccc2n3-c2ccccc2)CC(C)=C1n1ccnc1-c1ccccc1. The van der Waals surface area contributed by atoms with Crippen molar-refractivity contribution >= 4 is 27.5 Å². The van der Waals surface area contributed by atoms with E-state index in [1.807, 2.05) is 12.3 Å². The number of benzene rings is 4. The van der Waals surface area contributed by atoms with Crippen LogP contribution >= 0.6 is 0 Å². The molecule has 0 saturated carbocycles. The van der Waals surface area contributed by atoms with Gasteiger partial charge < -0.3 is 4.57 Å². The summed E-state index contributed by atoms with van der Waals surface area (Å²) in [5, 5.41) is 2.60. The first kappa shape index (κ1) is 27.5. The van der Waals surface area contributed by atoms with Crippen LogP contribution in [-0.2, 0) is 0 Å². The van der Waals surface area contributed by atoms with Crippen LogP contribution in [0.4, 0.5) is 0 Å². The summed E-state index contributed by atoms with van der Waals surface area (Å²) in [6.07, 6.45) is 7.41. The van der Waals surface area contributed by atoms with Crippen LogP contribution in [0.2, 0.25) is 0 Å². The average molecular weight is 550 g/mol. The van der Waals surface area contributed by atoms with Crippen LogP contribution in [0, 0.1) is 5.92 Å². The molecule has 0 spiro atoms. The van der Waals surface area contributed by atoms with Crippen molar-refractivity contribution in [3.05, 3.63) is 138 Å². The lowest BCUT2D eigenvalue weighted by Gasteiger charge is -2.26. The Hall–Kier alpha value is -4.63. The predicted octanol–water partition coefficient (Wildman–Crippen LogP) is 10.7. The molecule has 0 radical (unpaired) electrons. The van der Waals surface area contributed by atoms with E-state index < -0.39 is 0 Å². The van der Waals surface area contributed by atoms with Crippen LogP contribution in [0.15, 0.2) is 133 Å². The highest BCUT2D eigenvalue weighted by Crippen LogP contribution is 2.40. The molecule has 0 aliphatic heterocycles. The Morgan fingerprint density at radius 2 is 1.38 bits per heavy atom. The Morgan fingerprint density at radius 1 is 0.738 bits per heavy atom. The number of fused-ring (bicyclic) bond motifs is 3. The van der Waals surface area contributed by atoms with Gasteiger partial charge in [-0.1, -0.05) is 99.6 Å². The fraction of sp³-hybridized carbons (Fsp3) is 0.205. The van der Waals surface area contributed by atoms with Crippen LogP contribution in [0.5, 0.6) is 0 Å². The van der Waals surface area contributed by atoms with Gasteiger partial charge in [0.05, 0.1) is 11.0 Å².